The van der Waals surface area contributed by atoms with Gasteiger partial charge in [0, 0.05) is 29.4 Å². The van der Waals surface area contributed by atoms with Gasteiger partial charge >= 0.3 is 0 Å². The van der Waals surface area contributed by atoms with Crippen molar-refractivity contribution in [3.8, 4) is 39.3 Å². The monoisotopic (exact) mass is 433 g/mol. The molecule has 0 radical (unpaired) electrons. The minimum Gasteiger partial charge on any atom is -0.497 e. The number of benzene rings is 3. The Balaban J connectivity index is 1.83. The van der Waals surface area contributed by atoms with Crippen LogP contribution in [0.5, 0.6) is 5.75 Å². The zero-order valence-corrected chi connectivity index (χ0v) is 18.2. The fourth-order valence-electron chi connectivity index (χ4n) is 4.04. The smallest absolute Gasteiger partial charge is 0.257 e. The maximum atomic E-state index is 12.9. The Bertz CT molecular complexity index is 1490. The molecule has 2 aromatic heterocycles. The lowest BCUT2D eigenvalue weighted by Gasteiger charge is -2.14. The number of nitrogens with one attached hydrogen (secondary N) is 1. The average Bonchev–Trinajstić information content (AvgIpc) is 2.89. The van der Waals surface area contributed by atoms with Crippen LogP contribution in [0.2, 0.25) is 0 Å². The summed E-state index contributed by atoms with van der Waals surface area (Å²) in [5.41, 5.74) is 12.7. The molecule has 5 aromatic rings. The first-order valence-corrected chi connectivity index (χ1v) is 10.7. The summed E-state index contributed by atoms with van der Waals surface area (Å²) in [6.07, 6.45) is 1.72. The Hall–Kier alpha value is -4.22. The van der Waals surface area contributed by atoms with Crippen molar-refractivity contribution in [3.05, 3.63) is 107 Å². The van der Waals surface area contributed by atoms with Crippen LogP contribution in [0.4, 0.5) is 0 Å². The van der Waals surface area contributed by atoms with Crippen LogP contribution in [0.25, 0.3) is 44.4 Å². The number of nitrogens with two attached hydrogens (primary N) is 1. The van der Waals surface area contributed by atoms with Gasteiger partial charge in [-0.05, 0) is 34.9 Å². The number of hydrogen-bond acceptors (Lipinski definition) is 4. The molecule has 0 unspecified atom stereocenters. The van der Waals surface area contributed by atoms with E-state index in [9.17, 15) is 4.79 Å². The van der Waals surface area contributed by atoms with Crippen molar-refractivity contribution < 1.29 is 4.74 Å². The van der Waals surface area contributed by atoms with Gasteiger partial charge < -0.3 is 15.5 Å². The molecule has 162 valence electrons. The molecular weight excluding hydrogens is 410 g/mol. The lowest BCUT2D eigenvalue weighted by molar-refractivity contribution is 0.415. The third-order valence-electron chi connectivity index (χ3n) is 5.80. The SMILES string of the molecule is COc1cccc(-c2c[nH]c(=O)c3cc(-c4ccccc4)c(-c4ccc(CN)cc4)nc23)c1. The third-order valence-corrected chi connectivity index (χ3v) is 5.80. The number of ether oxygens (including phenoxy) is 1. The number of aromatic amines is 1. The van der Waals surface area contributed by atoms with Crippen molar-refractivity contribution in [2.24, 2.45) is 5.73 Å². The van der Waals surface area contributed by atoms with Gasteiger partial charge in [-0.25, -0.2) is 4.98 Å². The molecule has 0 aliphatic heterocycles. The Morgan fingerprint density at radius 1 is 0.848 bits per heavy atom. The number of rotatable bonds is 5. The van der Waals surface area contributed by atoms with Crippen molar-refractivity contribution in [1.29, 1.82) is 0 Å². The lowest BCUT2D eigenvalue weighted by atomic mass is 9.95. The molecule has 0 saturated heterocycles. The number of fused-ring (bicyclic) bond motifs is 1. The first kappa shape index (κ1) is 20.7. The van der Waals surface area contributed by atoms with E-state index in [0.717, 1.165) is 44.8 Å². The van der Waals surface area contributed by atoms with Crippen LogP contribution in [0.3, 0.4) is 0 Å². The van der Waals surface area contributed by atoms with E-state index in [-0.39, 0.29) is 5.56 Å². The minimum absolute atomic E-state index is 0.175. The summed E-state index contributed by atoms with van der Waals surface area (Å²) in [4.78, 5) is 20.8. The molecule has 2 heterocycles. The van der Waals surface area contributed by atoms with Crippen molar-refractivity contribution in [3.63, 3.8) is 0 Å². The van der Waals surface area contributed by atoms with E-state index in [1.807, 2.05) is 84.9 Å². The highest BCUT2D eigenvalue weighted by Gasteiger charge is 2.16. The van der Waals surface area contributed by atoms with E-state index in [1.165, 1.54) is 0 Å². The van der Waals surface area contributed by atoms with Crippen molar-refractivity contribution in [2.45, 2.75) is 6.54 Å². The minimum atomic E-state index is -0.175. The first-order chi connectivity index (χ1) is 16.2. The molecule has 0 fully saturated rings. The fourth-order valence-corrected chi connectivity index (χ4v) is 4.04. The normalized spacial score (nSPS) is 11.0. The number of methoxy groups -OCH3 is 1. The average molecular weight is 434 g/mol. The number of hydrogen-bond donors (Lipinski definition) is 2. The van der Waals surface area contributed by atoms with Crippen LogP contribution in [0.1, 0.15) is 5.56 Å². The predicted molar refractivity (Wildman–Crippen MR) is 133 cm³/mol. The van der Waals surface area contributed by atoms with E-state index in [4.69, 9.17) is 15.5 Å². The van der Waals surface area contributed by atoms with Gasteiger partial charge in [0.05, 0.1) is 23.7 Å². The summed E-state index contributed by atoms with van der Waals surface area (Å²) in [5.74, 6) is 0.741. The molecule has 3 aromatic carbocycles. The van der Waals surface area contributed by atoms with Gasteiger partial charge in [-0.1, -0.05) is 66.7 Å². The van der Waals surface area contributed by atoms with E-state index in [2.05, 4.69) is 4.98 Å². The molecule has 0 atom stereocenters. The molecule has 0 saturated carbocycles. The second kappa shape index (κ2) is 8.73. The van der Waals surface area contributed by atoms with Gasteiger partial charge in [-0.3, -0.25) is 4.79 Å². The highest BCUT2D eigenvalue weighted by atomic mass is 16.5. The maximum absolute atomic E-state index is 12.9. The van der Waals surface area contributed by atoms with Crippen LogP contribution in [-0.4, -0.2) is 17.1 Å². The van der Waals surface area contributed by atoms with Crippen LogP contribution >= 0.6 is 0 Å². The topological polar surface area (TPSA) is 81.0 Å². The third kappa shape index (κ3) is 3.90. The summed E-state index contributed by atoms with van der Waals surface area (Å²) in [6.45, 7) is 0.479. The number of pyridine rings is 2. The van der Waals surface area contributed by atoms with Crippen molar-refractivity contribution >= 4 is 10.9 Å². The molecule has 5 heteroatoms. The summed E-state index contributed by atoms with van der Waals surface area (Å²) in [5, 5.41) is 0.538. The molecule has 0 aliphatic carbocycles. The quantitative estimate of drug-likeness (QED) is 0.389. The van der Waals surface area contributed by atoms with Gasteiger partial charge in [0.25, 0.3) is 5.56 Å². The Morgan fingerprint density at radius 3 is 2.33 bits per heavy atom. The van der Waals surface area contributed by atoms with Crippen LogP contribution in [0, 0.1) is 0 Å². The second-order valence-electron chi connectivity index (χ2n) is 7.81. The molecule has 5 rings (SSSR count). The van der Waals surface area contributed by atoms with Crippen LogP contribution < -0.4 is 16.0 Å². The number of H-pyrrole nitrogens is 1. The van der Waals surface area contributed by atoms with Crippen molar-refractivity contribution in [2.75, 3.05) is 7.11 Å². The van der Waals surface area contributed by atoms with Crippen LogP contribution in [-0.2, 0) is 6.54 Å². The Labute approximate surface area is 191 Å². The highest BCUT2D eigenvalue weighted by Crippen LogP contribution is 2.36. The van der Waals surface area contributed by atoms with Gasteiger partial charge in [0.1, 0.15) is 5.75 Å². The van der Waals surface area contributed by atoms with E-state index < -0.39 is 0 Å². The molecule has 5 nitrogen and oxygen atoms in total. The fraction of sp³-hybridized carbons (Fsp3) is 0.0714. The lowest BCUT2D eigenvalue weighted by Crippen LogP contribution is -2.08. The molecule has 0 spiro atoms. The molecule has 0 aliphatic rings. The standard InChI is InChI=1S/C28H23N3O2/c1-33-22-9-5-8-21(14-22)25-17-30-28(32)24-15-23(19-6-3-2-4-7-19)26(31-27(24)25)20-12-10-18(16-29)11-13-20/h2-15,17H,16,29H2,1H3,(H,30,32). The maximum Gasteiger partial charge on any atom is 0.257 e. The zero-order chi connectivity index (χ0) is 22.8. The highest BCUT2D eigenvalue weighted by molar-refractivity contribution is 5.98. The Kier molecular flexibility index (Phi) is 5.47. The van der Waals surface area contributed by atoms with Crippen LogP contribution in [0.15, 0.2) is 95.9 Å². The first-order valence-electron chi connectivity index (χ1n) is 10.7. The molecule has 33 heavy (non-hydrogen) atoms. The largest absolute Gasteiger partial charge is 0.497 e. The second-order valence-corrected chi connectivity index (χ2v) is 7.81. The summed E-state index contributed by atoms with van der Waals surface area (Å²) in [6, 6.07) is 27.8. The van der Waals surface area contributed by atoms with Gasteiger partial charge in [0.2, 0.25) is 0 Å². The summed E-state index contributed by atoms with van der Waals surface area (Å²) in [7, 11) is 1.64. The zero-order valence-electron chi connectivity index (χ0n) is 18.2. The summed E-state index contributed by atoms with van der Waals surface area (Å²) < 4.78 is 5.40. The number of aromatic nitrogens is 2. The van der Waals surface area contributed by atoms with E-state index >= 15 is 0 Å². The molecule has 0 amide bonds. The van der Waals surface area contributed by atoms with Gasteiger partial charge in [-0.15, -0.1) is 0 Å². The van der Waals surface area contributed by atoms with Gasteiger partial charge in [0.15, 0.2) is 0 Å². The van der Waals surface area contributed by atoms with Gasteiger partial charge in [-0.2, -0.15) is 0 Å². The Morgan fingerprint density at radius 2 is 1.61 bits per heavy atom. The van der Waals surface area contributed by atoms with E-state index in [0.29, 0.717) is 17.4 Å². The van der Waals surface area contributed by atoms with E-state index in [1.54, 1.807) is 13.3 Å². The summed E-state index contributed by atoms with van der Waals surface area (Å²) >= 11 is 0. The number of nitrogens with zero attached hydrogens (tertiary/aromatic N) is 1. The van der Waals surface area contributed by atoms with Crippen molar-refractivity contribution in [1.82, 2.24) is 9.97 Å². The molecule has 0 bridgehead atoms. The predicted octanol–water partition coefficient (Wildman–Crippen LogP) is 5.39. The molecule has 3 N–H and O–H groups in total. The molecular formula is C28H23N3O2.